The summed E-state index contributed by atoms with van der Waals surface area (Å²) in [5.74, 6) is -4.07. The molecule has 0 amide bonds. The monoisotopic (exact) mass is 440 g/mol. The Hall–Kier alpha value is -3.15. The van der Waals surface area contributed by atoms with E-state index in [-0.39, 0.29) is 16.9 Å². The summed E-state index contributed by atoms with van der Waals surface area (Å²) >= 11 is 0. The summed E-state index contributed by atoms with van der Waals surface area (Å²) in [5, 5.41) is 10.2. The molecular formula is C26H32O6. The first-order chi connectivity index (χ1) is 14.7. The summed E-state index contributed by atoms with van der Waals surface area (Å²) < 4.78 is 11.1. The van der Waals surface area contributed by atoms with E-state index in [1.807, 2.05) is 0 Å². The molecular weight excluding hydrogens is 408 g/mol. The fourth-order valence-corrected chi connectivity index (χ4v) is 3.35. The average Bonchev–Trinajstić information content (AvgIpc) is 2.65. The van der Waals surface area contributed by atoms with Crippen LogP contribution in [0.1, 0.15) is 80.7 Å². The van der Waals surface area contributed by atoms with Crippen molar-refractivity contribution in [2.45, 2.75) is 65.6 Å². The van der Waals surface area contributed by atoms with Crippen LogP contribution in [0.3, 0.4) is 0 Å². The van der Waals surface area contributed by atoms with E-state index < -0.39 is 40.8 Å². The molecule has 6 nitrogen and oxygen atoms in total. The molecule has 0 aliphatic rings. The van der Waals surface area contributed by atoms with Crippen molar-refractivity contribution in [2.75, 3.05) is 0 Å². The van der Waals surface area contributed by atoms with E-state index in [2.05, 4.69) is 0 Å². The topological polar surface area (TPSA) is 89.9 Å². The second-order valence-electron chi connectivity index (χ2n) is 9.77. The van der Waals surface area contributed by atoms with E-state index in [4.69, 9.17) is 9.47 Å². The molecule has 2 rings (SSSR count). The van der Waals surface area contributed by atoms with Crippen LogP contribution in [0.25, 0.3) is 0 Å². The maximum absolute atomic E-state index is 13.4. The summed E-state index contributed by atoms with van der Waals surface area (Å²) in [4.78, 5) is 39.4. The van der Waals surface area contributed by atoms with Crippen molar-refractivity contribution in [3.05, 3.63) is 65.2 Å². The molecule has 0 aliphatic carbocycles. The van der Waals surface area contributed by atoms with Crippen LogP contribution in [0, 0.1) is 5.92 Å². The molecule has 2 aromatic rings. The summed E-state index contributed by atoms with van der Waals surface area (Å²) in [7, 11) is 0. The summed E-state index contributed by atoms with van der Waals surface area (Å²) in [6, 6.07) is 12.8. The number of para-hydroxylation sites is 1. The number of esters is 2. The van der Waals surface area contributed by atoms with E-state index >= 15 is 0 Å². The van der Waals surface area contributed by atoms with Crippen LogP contribution in [-0.2, 0) is 14.3 Å². The van der Waals surface area contributed by atoms with Crippen molar-refractivity contribution in [1.29, 1.82) is 0 Å². The molecule has 2 atom stereocenters. The molecule has 0 fully saturated rings. The molecule has 0 spiro atoms. The molecule has 0 aliphatic heterocycles. The third-order valence-corrected chi connectivity index (χ3v) is 4.68. The Kier molecular flexibility index (Phi) is 7.50. The van der Waals surface area contributed by atoms with E-state index in [1.54, 1.807) is 84.9 Å². The highest BCUT2D eigenvalue weighted by Crippen LogP contribution is 2.34. The standard InChI is InChI=1S/C26H32O6/c1-16(17-12-8-9-13-18(17)23(29)31-25(2,3)4)21(24(30)32-26(5,6)7)22(28)19-14-10-11-15-20(19)27/h8-16,21,27H,1-7H3. The van der Waals surface area contributed by atoms with Crippen molar-refractivity contribution in [2.24, 2.45) is 5.92 Å². The van der Waals surface area contributed by atoms with Gasteiger partial charge < -0.3 is 14.6 Å². The van der Waals surface area contributed by atoms with Crippen LogP contribution in [0.2, 0.25) is 0 Å². The molecule has 2 aromatic carbocycles. The summed E-state index contributed by atoms with van der Waals surface area (Å²) in [6.07, 6.45) is 0. The first-order valence-electron chi connectivity index (χ1n) is 10.6. The first-order valence-corrected chi connectivity index (χ1v) is 10.6. The molecule has 1 N–H and O–H groups in total. The van der Waals surface area contributed by atoms with Crippen LogP contribution < -0.4 is 0 Å². The lowest BCUT2D eigenvalue weighted by atomic mass is 9.80. The molecule has 0 heterocycles. The van der Waals surface area contributed by atoms with Gasteiger partial charge in [0.1, 0.15) is 22.9 Å². The number of rotatable bonds is 6. The van der Waals surface area contributed by atoms with Crippen molar-refractivity contribution in [3.8, 4) is 5.75 Å². The van der Waals surface area contributed by atoms with Gasteiger partial charge in [-0.15, -0.1) is 0 Å². The molecule has 32 heavy (non-hydrogen) atoms. The van der Waals surface area contributed by atoms with Crippen LogP contribution in [0.4, 0.5) is 0 Å². The molecule has 0 saturated carbocycles. The van der Waals surface area contributed by atoms with Crippen LogP contribution in [-0.4, -0.2) is 34.0 Å². The molecule has 2 unspecified atom stereocenters. The van der Waals surface area contributed by atoms with Crippen LogP contribution >= 0.6 is 0 Å². The Bertz CT molecular complexity index is 994. The van der Waals surface area contributed by atoms with Gasteiger partial charge in [-0.25, -0.2) is 4.79 Å². The zero-order chi connectivity index (χ0) is 24.3. The zero-order valence-electron chi connectivity index (χ0n) is 19.8. The normalized spacial score (nSPS) is 13.7. The van der Waals surface area contributed by atoms with Gasteiger partial charge in [0, 0.05) is 5.92 Å². The van der Waals surface area contributed by atoms with Crippen LogP contribution in [0.15, 0.2) is 48.5 Å². The number of benzene rings is 2. The Labute approximate surface area is 189 Å². The van der Waals surface area contributed by atoms with Gasteiger partial charge in [0.2, 0.25) is 0 Å². The number of phenols is 1. The molecule has 172 valence electrons. The number of carbonyl (C=O) groups excluding carboxylic acids is 3. The SMILES string of the molecule is CC(c1ccccc1C(=O)OC(C)(C)C)C(C(=O)OC(C)(C)C)C(=O)c1ccccc1O. The fourth-order valence-electron chi connectivity index (χ4n) is 3.35. The second kappa shape index (κ2) is 9.55. The average molecular weight is 441 g/mol. The van der Waals surface area contributed by atoms with E-state index in [9.17, 15) is 19.5 Å². The maximum atomic E-state index is 13.4. The Morgan fingerprint density at radius 1 is 0.781 bits per heavy atom. The quantitative estimate of drug-likeness (QED) is 0.373. The lowest BCUT2D eigenvalue weighted by Gasteiger charge is -2.28. The smallest absolute Gasteiger partial charge is 0.338 e. The number of ether oxygens (including phenoxy) is 2. The predicted octanol–water partition coefficient (Wildman–Crippen LogP) is 5.29. The highest BCUT2D eigenvalue weighted by Gasteiger charge is 2.39. The van der Waals surface area contributed by atoms with Gasteiger partial charge in [0.25, 0.3) is 0 Å². The minimum Gasteiger partial charge on any atom is -0.507 e. The van der Waals surface area contributed by atoms with Gasteiger partial charge in [-0.05, 0) is 65.3 Å². The fraction of sp³-hybridized carbons (Fsp3) is 0.423. The Morgan fingerprint density at radius 3 is 1.81 bits per heavy atom. The Morgan fingerprint density at radius 2 is 1.28 bits per heavy atom. The molecule has 0 saturated heterocycles. The summed E-state index contributed by atoms with van der Waals surface area (Å²) in [6.45, 7) is 12.1. The second-order valence-corrected chi connectivity index (χ2v) is 9.77. The summed E-state index contributed by atoms with van der Waals surface area (Å²) in [5.41, 5.74) is -0.748. The van der Waals surface area contributed by atoms with Crippen molar-refractivity contribution in [3.63, 3.8) is 0 Å². The number of aromatic hydroxyl groups is 1. The Balaban J connectivity index is 2.56. The van der Waals surface area contributed by atoms with Gasteiger partial charge in [0.15, 0.2) is 5.78 Å². The number of phenolic OH excluding ortho intramolecular Hbond substituents is 1. The predicted molar refractivity (Wildman–Crippen MR) is 122 cm³/mol. The number of carbonyl (C=O) groups is 3. The van der Waals surface area contributed by atoms with Gasteiger partial charge in [0.05, 0.1) is 11.1 Å². The van der Waals surface area contributed by atoms with Crippen molar-refractivity contribution in [1.82, 2.24) is 0 Å². The van der Waals surface area contributed by atoms with Crippen molar-refractivity contribution >= 4 is 17.7 Å². The lowest BCUT2D eigenvalue weighted by Crippen LogP contribution is -2.36. The van der Waals surface area contributed by atoms with Gasteiger partial charge >= 0.3 is 11.9 Å². The third kappa shape index (κ3) is 6.42. The van der Waals surface area contributed by atoms with Crippen molar-refractivity contribution < 1.29 is 29.0 Å². The number of hydrogen-bond acceptors (Lipinski definition) is 6. The lowest BCUT2D eigenvalue weighted by molar-refractivity contribution is -0.158. The molecule has 0 radical (unpaired) electrons. The minimum atomic E-state index is -1.27. The van der Waals surface area contributed by atoms with Gasteiger partial charge in [-0.3, -0.25) is 9.59 Å². The molecule has 0 aromatic heterocycles. The molecule has 0 bridgehead atoms. The van der Waals surface area contributed by atoms with Crippen LogP contribution in [0.5, 0.6) is 5.75 Å². The maximum Gasteiger partial charge on any atom is 0.338 e. The first kappa shape index (κ1) is 25.1. The third-order valence-electron chi connectivity index (χ3n) is 4.68. The van der Waals surface area contributed by atoms with Gasteiger partial charge in [-0.2, -0.15) is 0 Å². The number of Topliss-reactive ketones (excluding diaryl/α,β-unsaturated/α-hetero) is 1. The highest BCUT2D eigenvalue weighted by molar-refractivity contribution is 6.11. The van der Waals surface area contributed by atoms with E-state index in [0.717, 1.165) is 0 Å². The number of ketones is 1. The largest absolute Gasteiger partial charge is 0.507 e. The van der Waals surface area contributed by atoms with E-state index in [1.165, 1.54) is 12.1 Å². The zero-order valence-corrected chi connectivity index (χ0v) is 19.8. The minimum absolute atomic E-state index is 0.0185. The highest BCUT2D eigenvalue weighted by atomic mass is 16.6. The molecule has 6 heteroatoms. The number of hydrogen-bond donors (Lipinski definition) is 1. The van der Waals surface area contributed by atoms with E-state index in [0.29, 0.717) is 5.56 Å². The van der Waals surface area contributed by atoms with Gasteiger partial charge in [-0.1, -0.05) is 37.3 Å².